The van der Waals surface area contributed by atoms with E-state index in [0.29, 0.717) is 17.1 Å². The van der Waals surface area contributed by atoms with Crippen molar-refractivity contribution in [2.24, 2.45) is 5.14 Å². The van der Waals surface area contributed by atoms with E-state index in [9.17, 15) is 12.8 Å². The highest BCUT2D eigenvalue weighted by molar-refractivity contribution is 7.89. The third-order valence-corrected chi connectivity index (χ3v) is 5.46. The Balaban J connectivity index is 1.90. The molecule has 5 nitrogen and oxygen atoms in total. The zero-order chi connectivity index (χ0) is 19.2. The van der Waals surface area contributed by atoms with Gasteiger partial charge in [-0.2, -0.15) is 0 Å². The normalized spacial score (nSPS) is 13.0. The molecule has 0 saturated heterocycles. The summed E-state index contributed by atoms with van der Waals surface area (Å²) >= 11 is 5.94. The van der Waals surface area contributed by atoms with E-state index in [-0.39, 0.29) is 16.7 Å². The van der Waals surface area contributed by atoms with Crippen molar-refractivity contribution in [3.63, 3.8) is 0 Å². The summed E-state index contributed by atoms with van der Waals surface area (Å²) in [6.07, 6.45) is 0. The van der Waals surface area contributed by atoms with E-state index in [1.807, 2.05) is 0 Å². The molecule has 3 aromatic carbocycles. The maximum absolute atomic E-state index is 13.6. The van der Waals surface area contributed by atoms with Gasteiger partial charge in [0, 0.05) is 0 Å². The lowest BCUT2D eigenvalue weighted by molar-refractivity contribution is 0.174. The molecule has 1 aliphatic rings. The van der Waals surface area contributed by atoms with E-state index in [2.05, 4.69) is 0 Å². The van der Waals surface area contributed by atoms with Crippen LogP contribution in [-0.2, 0) is 10.0 Å². The summed E-state index contributed by atoms with van der Waals surface area (Å²) < 4.78 is 47.4. The van der Waals surface area contributed by atoms with E-state index in [1.165, 1.54) is 24.3 Å². The van der Waals surface area contributed by atoms with Crippen molar-refractivity contribution in [2.75, 3.05) is 6.79 Å². The Morgan fingerprint density at radius 2 is 1.44 bits per heavy atom. The van der Waals surface area contributed by atoms with Gasteiger partial charge in [-0.25, -0.2) is 17.9 Å². The number of halogens is 2. The molecule has 0 bridgehead atoms. The van der Waals surface area contributed by atoms with Gasteiger partial charge in [-0.1, -0.05) is 29.8 Å². The highest BCUT2D eigenvalue weighted by Gasteiger charge is 2.20. The molecule has 0 fully saturated rings. The second-order valence-corrected chi connectivity index (χ2v) is 7.92. The molecule has 1 heterocycles. The Labute approximate surface area is 160 Å². The smallest absolute Gasteiger partial charge is 0.238 e. The van der Waals surface area contributed by atoms with E-state index in [0.717, 1.165) is 16.7 Å². The molecular weight excluding hydrogens is 393 g/mol. The van der Waals surface area contributed by atoms with Crippen LogP contribution in [0.4, 0.5) is 4.39 Å². The van der Waals surface area contributed by atoms with Crippen LogP contribution in [0.5, 0.6) is 11.5 Å². The van der Waals surface area contributed by atoms with Crippen molar-refractivity contribution in [1.82, 2.24) is 0 Å². The number of benzene rings is 3. The molecule has 0 aromatic heterocycles. The van der Waals surface area contributed by atoms with Gasteiger partial charge in [-0.15, -0.1) is 0 Å². The van der Waals surface area contributed by atoms with Gasteiger partial charge in [0.25, 0.3) is 0 Å². The van der Waals surface area contributed by atoms with Crippen molar-refractivity contribution in [3.05, 3.63) is 65.4 Å². The molecule has 0 aliphatic carbocycles. The standard InChI is InChI=1S/C19H13ClFNO4S/c20-16-7-12(3-6-17(16)21)15-9-19-18(25-10-26-19)8-14(15)11-1-4-13(5-2-11)27(22,23)24/h1-9H,10H2,(H2,22,23,24). The summed E-state index contributed by atoms with van der Waals surface area (Å²) in [5.41, 5.74) is 2.91. The molecule has 138 valence electrons. The fourth-order valence-corrected chi connectivity index (χ4v) is 3.60. The highest BCUT2D eigenvalue weighted by Crippen LogP contribution is 2.43. The lowest BCUT2D eigenvalue weighted by Crippen LogP contribution is -2.11. The molecule has 0 atom stereocenters. The zero-order valence-corrected chi connectivity index (χ0v) is 15.4. The topological polar surface area (TPSA) is 78.6 Å². The summed E-state index contributed by atoms with van der Waals surface area (Å²) in [6.45, 7) is 0.104. The van der Waals surface area contributed by atoms with Crippen molar-refractivity contribution < 1.29 is 22.3 Å². The van der Waals surface area contributed by atoms with E-state index in [4.69, 9.17) is 26.2 Å². The number of rotatable bonds is 3. The van der Waals surface area contributed by atoms with Crippen LogP contribution >= 0.6 is 11.6 Å². The quantitative estimate of drug-likeness (QED) is 0.708. The molecule has 4 rings (SSSR count). The number of hydrogen-bond acceptors (Lipinski definition) is 4. The van der Waals surface area contributed by atoms with Crippen LogP contribution in [-0.4, -0.2) is 15.2 Å². The van der Waals surface area contributed by atoms with Gasteiger partial charge in [0.1, 0.15) is 5.82 Å². The predicted octanol–water partition coefficient (Wildman–Crippen LogP) is 4.19. The summed E-state index contributed by atoms with van der Waals surface area (Å²) in [5.74, 6) is 0.619. The predicted molar refractivity (Wildman–Crippen MR) is 99.8 cm³/mol. The van der Waals surface area contributed by atoms with E-state index in [1.54, 1.807) is 30.3 Å². The molecule has 0 saturated carbocycles. The van der Waals surface area contributed by atoms with Crippen LogP contribution in [0.1, 0.15) is 0 Å². The second kappa shape index (κ2) is 6.53. The third-order valence-electron chi connectivity index (χ3n) is 4.24. The molecule has 1 aliphatic heterocycles. The first-order valence-corrected chi connectivity index (χ1v) is 9.78. The highest BCUT2D eigenvalue weighted by atomic mass is 35.5. The van der Waals surface area contributed by atoms with Crippen molar-refractivity contribution in [3.8, 4) is 33.8 Å². The maximum Gasteiger partial charge on any atom is 0.238 e. The zero-order valence-electron chi connectivity index (χ0n) is 13.8. The molecular formula is C19H13ClFNO4S. The third kappa shape index (κ3) is 3.37. The fourth-order valence-electron chi connectivity index (χ4n) is 2.91. The monoisotopic (exact) mass is 405 g/mol. The first-order chi connectivity index (χ1) is 12.8. The fraction of sp³-hybridized carbons (Fsp3) is 0.0526. The van der Waals surface area contributed by atoms with Crippen LogP contribution < -0.4 is 14.6 Å². The molecule has 0 amide bonds. The molecule has 0 spiro atoms. The summed E-state index contributed by atoms with van der Waals surface area (Å²) in [6, 6.07) is 14.1. The van der Waals surface area contributed by atoms with Gasteiger partial charge in [0.2, 0.25) is 16.8 Å². The average molecular weight is 406 g/mol. The number of nitrogens with two attached hydrogens (primary N) is 1. The van der Waals surface area contributed by atoms with Crippen LogP contribution in [0.3, 0.4) is 0 Å². The van der Waals surface area contributed by atoms with Gasteiger partial charge < -0.3 is 9.47 Å². The Hall–Kier alpha value is -2.61. The van der Waals surface area contributed by atoms with Crippen molar-refractivity contribution >= 4 is 21.6 Å². The number of ether oxygens (including phenoxy) is 2. The Morgan fingerprint density at radius 3 is 2.00 bits per heavy atom. The summed E-state index contributed by atoms with van der Waals surface area (Å²) in [5, 5.41) is 5.16. The minimum absolute atomic E-state index is 0.000639. The molecule has 2 N–H and O–H groups in total. The largest absolute Gasteiger partial charge is 0.454 e. The molecule has 0 unspecified atom stereocenters. The Bertz CT molecular complexity index is 1150. The van der Waals surface area contributed by atoms with Crippen LogP contribution in [0.25, 0.3) is 22.3 Å². The number of primary sulfonamides is 1. The minimum atomic E-state index is -3.79. The summed E-state index contributed by atoms with van der Waals surface area (Å²) in [4.78, 5) is 0.0124. The molecule has 0 radical (unpaired) electrons. The van der Waals surface area contributed by atoms with E-state index < -0.39 is 15.8 Å². The molecule has 27 heavy (non-hydrogen) atoms. The number of sulfonamides is 1. The van der Waals surface area contributed by atoms with Gasteiger partial charge in [-0.3, -0.25) is 0 Å². The average Bonchev–Trinajstić information content (AvgIpc) is 3.10. The van der Waals surface area contributed by atoms with Crippen molar-refractivity contribution in [2.45, 2.75) is 4.90 Å². The van der Waals surface area contributed by atoms with Crippen molar-refractivity contribution in [1.29, 1.82) is 0 Å². The molecule has 3 aromatic rings. The number of hydrogen-bond donors (Lipinski definition) is 1. The maximum atomic E-state index is 13.6. The SMILES string of the molecule is NS(=O)(=O)c1ccc(-c2cc3c(cc2-c2ccc(F)c(Cl)c2)OCO3)cc1. The van der Waals surface area contributed by atoms with Crippen LogP contribution in [0.2, 0.25) is 5.02 Å². The van der Waals surface area contributed by atoms with Gasteiger partial charge in [0.05, 0.1) is 9.92 Å². The molecule has 8 heteroatoms. The van der Waals surface area contributed by atoms with Gasteiger partial charge in [0.15, 0.2) is 11.5 Å². The Kier molecular flexibility index (Phi) is 4.30. The Morgan fingerprint density at radius 1 is 0.889 bits per heavy atom. The van der Waals surface area contributed by atoms with Crippen LogP contribution in [0, 0.1) is 5.82 Å². The second-order valence-electron chi connectivity index (χ2n) is 5.95. The lowest BCUT2D eigenvalue weighted by atomic mass is 9.94. The number of fused-ring (bicyclic) bond motifs is 1. The summed E-state index contributed by atoms with van der Waals surface area (Å²) in [7, 11) is -3.79. The minimum Gasteiger partial charge on any atom is -0.454 e. The lowest BCUT2D eigenvalue weighted by Gasteiger charge is -2.13. The van der Waals surface area contributed by atoms with Gasteiger partial charge >= 0.3 is 0 Å². The van der Waals surface area contributed by atoms with Gasteiger partial charge in [-0.05, 0) is 58.7 Å². The first kappa shape index (κ1) is 17.8. The van der Waals surface area contributed by atoms with E-state index >= 15 is 0 Å². The van der Waals surface area contributed by atoms with Crippen LogP contribution in [0.15, 0.2) is 59.5 Å². The first-order valence-electron chi connectivity index (χ1n) is 7.85.